The molecule has 18 heavy (non-hydrogen) atoms. The topological polar surface area (TPSA) is 66.5 Å². The normalized spacial score (nSPS) is 31.2. The van der Waals surface area contributed by atoms with Gasteiger partial charge in [-0.25, -0.2) is 0 Å². The van der Waals surface area contributed by atoms with E-state index >= 15 is 0 Å². The molecule has 0 aliphatic heterocycles. The Morgan fingerprint density at radius 3 is 2.56 bits per heavy atom. The van der Waals surface area contributed by atoms with Crippen LogP contribution in [0.4, 0.5) is 0 Å². The van der Waals surface area contributed by atoms with Crippen LogP contribution in [0.5, 0.6) is 0 Å². The monoisotopic (exact) mass is 249 g/mol. The fraction of sp³-hybridized carbons (Fsp3) is 0.600. The van der Waals surface area contributed by atoms with Gasteiger partial charge in [-0.05, 0) is 31.7 Å². The maximum atomic E-state index is 10.7. The summed E-state index contributed by atoms with van der Waals surface area (Å²) >= 11 is 0. The minimum atomic E-state index is -0.939. The van der Waals surface area contributed by atoms with Crippen molar-refractivity contribution in [2.24, 2.45) is 11.1 Å². The average Bonchev–Trinajstić information content (AvgIpc) is 2.72. The van der Waals surface area contributed by atoms with Gasteiger partial charge >= 0.3 is 0 Å². The number of nitrogens with two attached hydrogens (primary N) is 1. The van der Waals surface area contributed by atoms with Gasteiger partial charge in [-0.15, -0.1) is 0 Å². The van der Waals surface area contributed by atoms with E-state index in [9.17, 15) is 10.2 Å². The number of aliphatic hydroxyl groups excluding tert-OH is 1. The molecule has 4 N–H and O–H groups in total. The molecular formula is C15H23NO2. The van der Waals surface area contributed by atoms with Crippen LogP contribution >= 0.6 is 0 Å². The molecule has 1 saturated carbocycles. The molecule has 1 aromatic carbocycles. The summed E-state index contributed by atoms with van der Waals surface area (Å²) in [5.41, 5.74) is 5.49. The molecule has 1 aliphatic rings. The third kappa shape index (κ3) is 2.44. The van der Waals surface area contributed by atoms with Gasteiger partial charge in [0.2, 0.25) is 0 Å². The molecule has 0 bridgehead atoms. The number of benzene rings is 1. The first-order valence-electron chi connectivity index (χ1n) is 6.66. The lowest BCUT2D eigenvalue weighted by molar-refractivity contribution is -0.0388. The first kappa shape index (κ1) is 13.5. The van der Waals surface area contributed by atoms with Crippen LogP contribution in [0.15, 0.2) is 30.3 Å². The Morgan fingerprint density at radius 1 is 1.39 bits per heavy atom. The summed E-state index contributed by atoms with van der Waals surface area (Å²) in [6.45, 7) is 2.24. The van der Waals surface area contributed by atoms with Gasteiger partial charge in [-0.3, -0.25) is 0 Å². The molecule has 3 heteroatoms. The number of aliphatic hydroxyl groups is 2. The van der Waals surface area contributed by atoms with E-state index in [1.807, 2.05) is 37.3 Å². The molecule has 3 unspecified atom stereocenters. The summed E-state index contributed by atoms with van der Waals surface area (Å²) in [5.74, 6) is 0. The first-order chi connectivity index (χ1) is 8.50. The van der Waals surface area contributed by atoms with Crippen molar-refractivity contribution in [2.45, 2.75) is 44.3 Å². The Hall–Kier alpha value is -0.900. The third-order valence-electron chi connectivity index (χ3n) is 4.36. The van der Waals surface area contributed by atoms with E-state index in [1.165, 1.54) is 0 Å². The van der Waals surface area contributed by atoms with Crippen molar-refractivity contribution in [3.63, 3.8) is 0 Å². The van der Waals surface area contributed by atoms with Crippen molar-refractivity contribution < 1.29 is 10.2 Å². The third-order valence-corrected chi connectivity index (χ3v) is 4.36. The molecule has 0 aromatic heterocycles. The Bertz CT molecular complexity index is 391. The standard InChI is InChI=1S/C15H23NO2/c1-14(18,12-6-3-2-4-7-12)10-15(11-16)9-5-8-13(15)17/h2-4,6-7,13,17-18H,5,8-11,16H2,1H3. The Kier molecular flexibility index (Phi) is 3.76. The van der Waals surface area contributed by atoms with Crippen molar-refractivity contribution in [1.29, 1.82) is 0 Å². The first-order valence-corrected chi connectivity index (χ1v) is 6.66. The Morgan fingerprint density at radius 2 is 2.06 bits per heavy atom. The lowest BCUT2D eigenvalue weighted by Gasteiger charge is -2.38. The summed E-state index contributed by atoms with van der Waals surface area (Å²) in [7, 11) is 0. The van der Waals surface area contributed by atoms with E-state index in [4.69, 9.17) is 5.73 Å². The lowest BCUT2D eigenvalue weighted by Crippen LogP contribution is -2.43. The van der Waals surface area contributed by atoms with Crippen LogP contribution in [0.25, 0.3) is 0 Å². The molecule has 0 amide bonds. The second-order valence-electron chi connectivity index (χ2n) is 5.79. The van der Waals surface area contributed by atoms with E-state index < -0.39 is 11.7 Å². The van der Waals surface area contributed by atoms with Crippen molar-refractivity contribution >= 4 is 0 Å². The van der Waals surface area contributed by atoms with E-state index in [0.29, 0.717) is 13.0 Å². The SMILES string of the molecule is CC(O)(CC1(CN)CCCC1O)c1ccccc1. The van der Waals surface area contributed by atoms with Gasteiger partial charge < -0.3 is 15.9 Å². The van der Waals surface area contributed by atoms with E-state index in [0.717, 1.165) is 24.8 Å². The average molecular weight is 249 g/mol. The highest BCUT2D eigenvalue weighted by molar-refractivity contribution is 5.22. The highest BCUT2D eigenvalue weighted by Gasteiger charge is 2.45. The number of hydrogen-bond donors (Lipinski definition) is 3. The van der Waals surface area contributed by atoms with Gasteiger partial charge in [-0.2, -0.15) is 0 Å². The zero-order valence-corrected chi connectivity index (χ0v) is 11.0. The molecule has 0 heterocycles. The highest BCUT2D eigenvalue weighted by Crippen LogP contribution is 2.45. The van der Waals surface area contributed by atoms with Crippen LogP contribution in [0.3, 0.4) is 0 Å². The fourth-order valence-electron chi connectivity index (χ4n) is 3.22. The molecule has 1 fully saturated rings. The van der Waals surface area contributed by atoms with E-state index in [-0.39, 0.29) is 5.41 Å². The van der Waals surface area contributed by atoms with Gasteiger partial charge in [0.1, 0.15) is 0 Å². The summed E-state index contributed by atoms with van der Waals surface area (Å²) in [4.78, 5) is 0. The molecular weight excluding hydrogens is 226 g/mol. The van der Waals surface area contributed by atoms with Gasteiger partial charge in [0.05, 0.1) is 11.7 Å². The maximum Gasteiger partial charge on any atom is 0.0875 e. The van der Waals surface area contributed by atoms with Crippen LogP contribution < -0.4 is 5.73 Å². The molecule has 0 saturated heterocycles. The highest BCUT2D eigenvalue weighted by atomic mass is 16.3. The molecule has 2 rings (SSSR count). The maximum absolute atomic E-state index is 10.7. The van der Waals surface area contributed by atoms with Crippen molar-refractivity contribution in [3.05, 3.63) is 35.9 Å². The van der Waals surface area contributed by atoms with E-state index in [1.54, 1.807) is 0 Å². The Balaban J connectivity index is 2.21. The molecule has 0 spiro atoms. The summed E-state index contributed by atoms with van der Waals surface area (Å²) in [6, 6.07) is 9.62. The minimum absolute atomic E-state index is 0.334. The van der Waals surface area contributed by atoms with Gasteiger partial charge in [0, 0.05) is 12.0 Å². The van der Waals surface area contributed by atoms with Crippen LogP contribution in [-0.2, 0) is 5.60 Å². The minimum Gasteiger partial charge on any atom is -0.392 e. The molecule has 1 aromatic rings. The fourth-order valence-corrected chi connectivity index (χ4v) is 3.22. The number of rotatable bonds is 4. The molecule has 3 nitrogen and oxygen atoms in total. The van der Waals surface area contributed by atoms with Gasteiger partial charge in [0.15, 0.2) is 0 Å². The molecule has 3 atom stereocenters. The summed E-state index contributed by atoms with van der Waals surface area (Å²) < 4.78 is 0. The van der Waals surface area contributed by atoms with E-state index in [2.05, 4.69) is 0 Å². The smallest absolute Gasteiger partial charge is 0.0875 e. The second-order valence-corrected chi connectivity index (χ2v) is 5.79. The Labute approximate surface area is 109 Å². The van der Waals surface area contributed by atoms with Crippen molar-refractivity contribution in [3.8, 4) is 0 Å². The predicted octanol–water partition coefficient (Wildman–Crippen LogP) is 1.77. The van der Waals surface area contributed by atoms with Crippen LogP contribution in [0, 0.1) is 5.41 Å². The quantitative estimate of drug-likeness (QED) is 0.762. The largest absolute Gasteiger partial charge is 0.392 e. The van der Waals surface area contributed by atoms with Gasteiger partial charge in [0.25, 0.3) is 0 Å². The van der Waals surface area contributed by atoms with Crippen LogP contribution in [0.2, 0.25) is 0 Å². The van der Waals surface area contributed by atoms with Crippen LogP contribution in [0.1, 0.15) is 38.2 Å². The molecule has 0 radical (unpaired) electrons. The van der Waals surface area contributed by atoms with Gasteiger partial charge in [-0.1, -0.05) is 36.8 Å². The van der Waals surface area contributed by atoms with Crippen molar-refractivity contribution in [2.75, 3.05) is 6.54 Å². The second kappa shape index (κ2) is 5.00. The van der Waals surface area contributed by atoms with Crippen molar-refractivity contribution in [1.82, 2.24) is 0 Å². The lowest BCUT2D eigenvalue weighted by atomic mass is 9.73. The predicted molar refractivity (Wildman–Crippen MR) is 72.0 cm³/mol. The zero-order chi connectivity index (χ0) is 13.2. The summed E-state index contributed by atoms with van der Waals surface area (Å²) in [5, 5.41) is 20.9. The summed E-state index contributed by atoms with van der Waals surface area (Å²) in [6.07, 6.45) is 2.80. The van der Waals surface area contributed by atoms with Crippen LogP contribution in [-0.4, -0.2) is 22.9 Å². The number of hydrogen-bond acceptors (Lipinski definition) is 3. The zero-order valence-electron chi connectivity index (χ0n) is 11.0. The molecule has 1 aliphatic carbocycles. The molecule has 100 valence electrons.